The van der Waals surface area contributed by atoms with E-state index in [0.717, 1.165) is 11.3 Å². The molecule has 1 aromatic heterocycles. The fourth-order valence-electron chi connectivity index (χ4n) is 1.90. The molecular formula is C10H11BrN2O2. The van der Waals surface area contributed by atoms with Crippen molar-refractivity contribution in [1.82, 2.24) is 4.98 Å². The molecule has 1 amide bonds. The van der Waals surface area contributed by atoms with Crippen LogP contribution in [-0.2, 0) is 5.41 Å². The summed E-state index contributed by atoms with van der Waals surface area (Å²) in [4.78, 5) is 16.6. The molecule has 0 atom stereocenters. The normalized spacial score (nSPS) is 17.7. The van der Waals surface area contributed by atoms with Crippen LogP contribution >= 0.6 is 15.9 Å². The second-order valence-corrected chi connectivity index (χ2v) is 5.09. The quantitative estimate of drug-likeness (QED) is 0.738. The third-order valence-corrected chi connectivity index (χ3v) is 3.09. The molecule has 0 bridgehead atoms. The van der Waals surface area contributed by atoms with Crippen molar-refractivity contribution < 1.29 is 9.90 Å². The number of rotatable bonds is 0. The summed E-state index contributed by atoms with van der Waals surface area (Å²) in [6.07, 6.45) is 0.822. The Morgan fingerprint density at radius 2 is 2.33 bits per heavy atom. The number of hydrogen-bond acceptors (Lipinski definition) is 2. The van der Waals surface area contributed by atoms with Crippen molar-refractivity contribution in [2.75, 3.05) is 11.4 Å². The first-order valence-corrected chi connectivity index (χ1v) is 5.37. The summed E-state index contributed by atoms with van der Waals surface area (Å²) in [5.74, 6) is 0. The third kappa shape index (κ3) is 1.61. The summed E-state index contributed by atoms with van der Waals surface area (Å²) in [5, 5.41) is 9.07. The van der Waals surface area contributed by atoms with E-state index in [1.54, 1.807) is 12.3 Å². The van der Waals surface area contributed by atoms with E-state index >= 15 is 0 Å². The second kappa shape index (κ2) is 3.20. The van der Waals surface area contributed by atoms with Gasteiger partial charge in [-0.25, -0.2) is 9.78 Å². The van der Waals surface area contributed by atoms with Gasteiger partial charge in [0.15, 0.2) is 0 Å². The minimum absolute atomic E-state index is 0.165. The Kier molecular flexibility index (Phi) is 2.22. The molecule has 1 aliphatic rings. The van der Waals surface area contributed by atoms with Crippen LogP contribution < -0.4 is 4.90 Å². The third-order valence-electron chi connectivity index (χ3n) is 2.65. The number of fused-ring (bicyclic) bond motifs is 1. The smallest absolute Gasteiger partial charge is 0.411 e. The Hall–Kier alpha value is -1.10. The first-order valence-electron chi connectivity index (χ1n) is 4.58. The van der Waals surface area contributed by atoms with Gasteiger partial charge in [-0.1, -0.05) is 13.8 Å². The fraction of sp³-hybridized carbons (Fsp3) is 0.400. The van der Waals surface area contributed by atoms with Crippen LogP contribution in [0.4, 0.5) is 10.5 Å². The Bertz CT molecular complexity index is 431. The lowest BCUT2D eigenvalue weighted by atomic mass is 9.88. The lowest BCUT2D eigenvalue weighted by molar-refractivity contribution is 0.201. The fourth-order valence-corrected chi connectivity index (χ4v) is 2.22. The van der Waals surface area contributed by atoms with Crippen molar-refractivity contribution >= 4 is 27.7 Å². The van der Waals surface area contributed by atoms with Gasteiger partial charge in [0.05, 0.1) is 5.69 Å². The van der Waals surface area contributed by atoms with Crippen molar-refractivity contribution in [2.45, 2.75) is 19.3 Å². The van der Waals surface area contributed by atoms with Gasteiger partial charge in [-0.15, -0.1) is 0 Å². The first kappa shape index (κ1) is 10.4. The molecule has 0 saturated heterocycles. The predicted octanol–water partition coefficient (Wildman–Crippen LogP) is 2.62. The SMILES string of the molecule is CC1(C)CN(C(=O)O)c2cc(Br)ncc21. The van der Waals surface area contributed by atoms with E-state index in [0.29, 0.717) is 11.1 Å². The van der Waals surface area contributed by atoms with E-state index in [-0.39, 0.29) is 5.41 Å². The minimum atomic E-state index is -0.917. The van der Waals surface area contributed by atoms with Gasteiger partial charge in [-0.2, -0.15) is 0 Å². The van der Waals surface area contributed by atoms with Crippen LogP contribution in [0.25, 0.3) is 0 Å². The van der Waals surface area contributed by atoms with Gasteiger partial charge >= 0.3 is 6.09 Å². The summed E-state index contributed by atoms with van der Waals surface area (Å²) < 4.78 is 0.658. The van der Waals surface area contributed by atoms with Gasteiger partial charge in [0.1, 0.15) is 4.60 Å². The average molecular weight is 271 g/mol. The first-order chi connectivity index (χ1) is 6.92. The van der Waals surface area contributed by atoms with Gasteiger partial charge in [-0.3, -0.25) is 4.90 Å². The lowest BCUT2D eigenvalue weighted by Gasteiger charge is -2.17. The van der Waals surface area contributed by atoms with Gasteiger partial charge in [-0.05, 0) is 22.0 Å². The molecule has 0 radical (unpaired) electrons. The summed E-state index contributed by atoms with van der Waals surface area (Å²) in [7, 11) is 0. The van der Waals surface area contributed by atoms with E-state index in [1.165, 1.54) is 4.90 Å². The van der Waals surface area contributed by atoms with Crippen LogP contribution in [-0.4, -0.2) is 22.7 Å². The topological polar surface area (TPSA) is 53.4 Å². The zero-order valence-electron chi connectivity index (χ0n) is 8.49. The van der Waals surface area contributed by atoms with Crippen molar-refractivity contribution in [3.05, 3.63) is 22.4 Å². The average Bonchev–Trinajstić information content (AvgIpc) is 2.38. The number of anilines is 1. The van der Waals surface area contributed by atoms with Gasteiger partial charge in [0.25, 0.3) is 0 Å². The summed E-state index contributed by atoms with van der Waals surface area (Å²) in [5.41, 5.74) is 1.55. The molecule has 0 aliphatic carbocycles. The number of nitrogens with zero attached hydrogens (tertiary/aromatic N) is 2. The predicted molar refractivity (Wildman–Crippen MR) is 60.3 cm³/mol. The molecule has 0 fully saturated rings. The molecule has 0 aromatic carbocycles. The standard InChI is InChI=1S/C10H11BrN2O2/c1-10(2)5-13(9(14)15)7-3-8(11)12-4-6(7)10/h3-4H,5H2,1-2H3,(H,14,15). The van der Waals surface area contributed by atoms with E-state index in [4.69, 9.17) is 5.11 Å². The lowest BCUT2D eigenvalue weighted by Crippen LogP contribution is -2.32. The Morgan fingerprint density at radius 1 is 1.67 bits per heavy atom. The van der Waals surface area contributed by atoms with Crippen molar-refractivity contribution in [3.63, 3.8) is 0 Å². The largest absolute Gasteiger partial charge is 0.465 e. The minimum Gasteiger partial charge on any atom is -0.465 e. The maximum Gasteiger partial charge on any atom is 0.411 e. The van der Waals surface area contributed by atoms with Crippen molar-refractivity contribution in [3.8, 4) is 0 Å². The van der Waals surface area contributed by atoms with Gasteiger partial charge in [0.2, 0.25) is 0 Å². The molecule has 1 aliphatic heterocycles. The van der Waals surface area contributed by atoms with Crippen LogP contribution in [0.3, 0.4) is 0 Å². The van der Waals surface area contributed by atoms with Crippen LogP contribution in [0, 0.1) is 0 Å². The molecule has 15 heavy (non-hydrogen) atoms. The Labute approximate surface area is 96.1 Å². The summed E-state index contributed by atoms with van der Waals surface area (Å²) >= 11 is 3.25. The van der Waals surface area contributed by atoms with Gasteiger partial charge in [0, 0.05) is 23.7 Å². The molecule has 5 heteroatoms. The summed E-state index contributed by atoms with van der Waals surface area (Å²) in [6, 6.07) is 1.75. The number of amides is 1. The Morgan fingerprint density at radius 3 is 2.93 bits per heavy atom. The zero-order chi connectivity index (χ0) is 11.2. The maximum absolute atomic E-state index is 11.1. The van der Waals surface area contributed by atoms with Crippen LogP contribution in [0.5, 0.6) is 0 Å². The molecule has 1 aromatic rings. The van der Waals surface area contributed by atoms with Crippen LogP contribution in [0.2, 0.25) is 0 Å². The highest BCUT2D eigenvalue weighted by Gasteiger charge is 2.38. The summed E-state index contributed by atoms with van der Waals surface area (Å²) in [6.45, 7) is 4.52. The van der Waals surface area contributed by atoms with E-state index in [9.17, 15) is 4.79 Å². The van der Waals surface area contributed by atoms with Crippen molar-refractivity contribution in [1.29, 1.82) is 0 Å². The van der Waals surface area contributed by atoms with E-state index < -0.39 is 6.09 Å². The highest BCUT2D eigenvalue weighted by atomic mass is 79.9. The maximum atomic E-state index is 11.1. The van der Waals surface area contributed by atoms with Crippen molar-refractivity contribution in [2.24, 2.45) is 0 Å². The highest BCUT2D eigenvalue weighted by molar-refractivity contribution is 9.10. The number of halogens is 1. The molecule has 0 saturated carbocycles. The number of hydrogen-bond donors (Lipinski definition) is 1. The highest BCUT2D eigenvalue weighted by Crippen LogP contribution is 2.40. The molecule has 4 nitrogen and oxygen atoms in total. The van der Waals surface area contributed by atoms with Crippen LogP contribution in [0.1, 0.15) is 19.4 Å². The molecule has 0 spiro atoms. The molecule has 2 heterocycles. The molecule has 1 N–H and O–H groups in total. The number of carbonyl (C=O) groups is 1. The number of pyridine rings is 1. The Balaban J connectivity index is 2.58. The number of aromatic nitrogens is 1. The second-order valence-electron chi connectivity index (χ2n) is 4.28. The van der Waals surface area contributed by atoms with E-state index in [2.05, 4.69) is 20.9 Å². The zero-order valence-corrected chi connectivity index (χ0v) is 10.1. The monoisotopic (exact) mass is 270 g/mol. The van der Waals surface area contributed by atoms with E-state index in [1.807, 2.05) is 13.8 Å². The van der Waals surface area contributed by atoms with Gasteiger partial charge < -0.3 is 5.11 Å². The van der Waals surface area contributed by atoms with Crippen LogP contribution in [0.15, 0.2) is 16.9 Å². The molecular weight excluding hydrogens is 260 g/mol. The number of carboxylic acid groups (broad SMARTS) is 1. The molecule has 0 unspecified atom stereocenters. The molecule has 80 valence electrons. The molecule has 2 rings (SSSR count).